The van der Waals surface area contributed by atoms with Crippen LogP contribution < -0.4 is 5.32 Å². The van der Waals surface area contributed by atoms with Crippen LogP contribution in [0.3, 0.4) is 0 Å². The van der Waals surface area contributed by atoms with Crippen LogP contribution in [0.2, 0.25) is 0 Å². The summed E-state index contributed by atoms with van der Waals surface area (Å²) in [6, 6.07) is 3.24. The summed E-state index contributed by atoms with van der Waals surface area (Å²) in [6.07, 6.45) is -4.28. The van der Waals surface area contributed by atoms with Gasteiger partial charge in [0.05, 0.1) is 0 Å². The summed E-state index contributed by atoms with van der Waals surface area (Å²) in [5, 5.41) is 3.07. The minimum atomic E-state index is -4.28. The zero-order valence-electron chi connectivity index (χ0n) is 9.97. The molecule has 0 radical (unpaired) electrons. The van der Waals surface area contributed by atoms with E-state index in [0.717, 1.165) is 0 Å². The maximum absolute atomic E-state index is 13.4. The molecule has 1 aromatic carbocycles. The second-order valence-corrected chi connectivity index (χ2v) is 6.26. The van der Waals surface area contributed by atoms with Crippen molar-refractivity contribution in [1.82, 2.24) is 10.2 Å². The average molecular weight is 402 g/mol. The first-order valence-electron chi connectivity index (χ1n) is 5.85. The fourth-order valence-corrected chi connectivity index (χ4v) is 3.61. The van der Waals surface area contributed by atoms with Gasteiger partial charge in [-0.15, -0.1) is 0 Å². The highest BCUT2D eigenvalue weighted by atomic mass is 79.9. The van der Waals surface area contributed by atoms with Gasteiger partial charge in [-0.05, 0) is 23.8 Å². The monoisotopic (exact) mass is 400 g/mol. The minimum absolute atomic E-state index is 0.260. The van der Waals surface area contributed by atoms with Crippen LogP contribution in [-0.2, 0) is 0 Å². The van der Waals surface area contributed by atoms with Crippen LogP contribution in [0, 0.1) is 0 Å². The predicted molar refractivity (Wildman–Crippen MR) is 75.1 cm³/mol. The summed E-state index contributed by atoms with van der Waals surface area (Å²) in [6.45, 7) is 1.96. The molecule has 2 rings (SSSR count). The van der Waals surface area contributed by atoms with Gasteiger partial charge in [0.1, 0.15) is 6.04 Å². The molecule has 2 nitrogen and oxygen atoms in total. The Labute approximate surface area is 126 Å². The number of nitrogens with zero attached hydrogens (tertiary/aromatic N) is 1. The Kier molecular flexibility index (Phi) is 4.92. The Bertz CT molecular complexity index is 425. The molecular weight excluding hydrogens is 389 g/mol. The first-order chi connectivity index (χ1) is 8.88. The third kappa shape index (κ3) is 3.93. The first kappa shape index (κ1) is 15.3. The van der Waals surface area contributed by atoms with E-state index in [9.17, 15) is 13.2 Å². The van der Waals surface area contributed by atoms with Crippen LogP contribution >= 0.6 is 31.9 Å². The van der Waals surface area contributed by atoms with Crippen molar-refractivity contribution in [3.63, 3.8) is 0 Å². The van der Waals surface area contributed by atoms with Crippen molar-refractivity contribution >= 4 is 31.9 Å². The van der Waals surface area contributed by atoms with Crippen molar-refractivity contribution < 1.29 is 13.2 Å². The highest BCUT2D eigenvalue weighted by Gasteiger charge is 2.45. The van der Waals surface area contributed by atoms with Gasteiger partial charge in [-0.3, -0.25) is 4.90 Å². The van der Waals surface area contributed by atoms with Crippen molar-refractivity contribution in [2.75, 3.05) is 26.2 Å². The molecule has 1 saturated heterocycles. The Balaban J connectivity index is 2.36. The second-order valence-electron chi connectivity index (χ2n) is 4.43. The molecule has 0 aromatic heterocycles. The number of benzene rings is 1. The summed E-state index contributed by atoms with van der Waals surface area (Å²) in [4.78, 5) is 1.48. The first-order valence-corrected chi connectivity index (χ1v) is 7.44. The molecule has 106 valence electrons. The van der Waals surface area contributed by atoms with Gasteiger partial charge in [0, 0.05) is 35.1 Å². The molecule has 0 spiro atoms. The fraction of sp³-hybridized carbons (Fsp3) is 0.500. The van der Waals surface area contributed by atoms with Gasteiger partial charge < -0.3 is 5.32 Å². The summed E-state index contributed by atoms with van der Waals surface area (Å²) in [5.74, 6) is 0. The van der Waals surface area contributed by atoms with Crippen molar-refractivity contribution in [2.24, 2.45) is 0 Å². The van der Waals surface area contributed by atoms with E-state index in [4.69, 9.17) is 0 Å². The van der Waals surface area contributed by atoms with E-state index >= 15 is 0 Å². The van der Waals surface area contributed by atoms with Gasteiger partial charge in [0.15, 0.2) is 0 Å². The molecule has 1 atom stereocenters. The SMILES string of the molecule is FC(F)(F)[C@H](c1cc(Br)cc(Br)c1)N1CCNCC1. The summed E-state index contributed by atoms with van der Waals surface area (Å²) in [5.41, 5.74) is 0.260. The van der Waals surface area contributed by atoms with Crippen molar-refractivity contribution in [3.05, 3.63) is 32.7 Å². The highest BCUT2D eigenvalue weighted by Crippen LogP contribution is 2.39. The van der Waals surface area contributed by atoms with E-state index in [1.165, 1.54) is 17.0 Å². The lowest BCUT2D eigenvalue weighted by atomic mass is 10.0. The second kappa shape index (κ2) is 6.11. The Morgan fingerprint density at radius 2 is 1.58 bits per heavy atom. The lowest BCUT2D eigenvalue weighted by molar-refractivity contribution is -0.187. The zero-order chi connectivity index (χ0) is 14.0. The van der Waals surface area contributed by atoms with Gasteiger partial charge in [0.2, 0.25) is 0 Å². The highest BCUT2D eigenvalue weighted by molar-refractivity contribution is 9.11. The van der Waals surface area contributed by atoms with Gasteiger partial charge in [-0.25, -0.2) is 0 Å². The van der Waals surface area contributed by atoms with Crippen LogP contribution in [0.5, 0.6) is 0 Å². The van der Waals surface area contributed by atoms with Crippen molar-refractivity contribution in [1.29, 1.82) is 0 Å². The average Bonchev–Trinajstić information content (AvgIpc) is 2.27. The Morgan fingerprint density at radius 1 is 1.05 bits per heavy atom. The maximum Gasteiger partial charge on any atom is 0.408 e. The predicted octanol–water partition coefficient (Wildman–Crippen LogP) is 3.72. The molecule has 0 aliphatic carbocycles. The van der Waals surface area contributed by atoms with Crippen LogP contribution in [0.1, 0.15) is 11.6 Å². The number of hydrogen-bond acceptors (Lipinski definition) is 2. The van der Waals surface area contributed by atoms with E-state index in [-0.39, 0.29) is 5.56 Å². The number of halogens is 5. The molecule has 0 saturated carbocycles. The Morgan fingerprint density at radius 3 is 2.05 bits per heavy atom. The number of nitrogens with one attached hydrogen (secondary N) is 1. The third-order valence-electron chi connectivity index (χ3n) is 3.03. The lowest BCUT2D eigenvalue weighted by Gasteiger charge is -2.36. The molecule has 1 fully saturated rings. The summed E-state index contributed by atoms with van der Waals surface area (Å²) >= 11 is 6.49. The van der Waals surface area contributed by atoms with E-state index in [1.54, 1.807) is 6.07 Å². The van der Waals surface area contributed by atoms with Crippen LogP contribution in [0.25, 0.3) is 0 Å². The van der Waals surface area contributed by atoms with Crippen LogP contribution in [-0.4, -0.2) is 37.3 Å². The molecular formula is C12H13Br2F3N2. The quantitative estimate of drug-likeness (QED) is 0.812. The van der Waals surface area contributed by atoms with Gasteiger partial charge in [0.25, 0.3) is 0 Å². The van der Waals surface area contributed by atoms with E-state index in [2.05, 4.69) is 37.2 Å². The number of hydrogen-bond donors (Lipinski definition) is 1. The largest absolute Gasteiger partial charge is 0.408 e. The summed E-state index contributed by atoms with van der Waals surface area (Å²) in [7, 11) is 0. The standard InChI is InChI=1S/C12H13Br2F3N2/c13-9-5-8(6-10(14)7-9)11(12(15,16)17)19-3-1-18-2-4-19/h5-7,11,18H,1-4H2/t11-/m0/s1. The normalized spacial score (nSPS) is 19.4. The number of alkyl halides is 3. The topological polar surface area (TPSA) is 15.3 Å². The fourth-order valence-electron chi connectivity index (χ4n) is 2.28. The smallest absolute Gasteiger partial charge is 0.314 e. The van der Waals surface area contributed by atoms with E-state index in [0.29, 0.717) is 35.1 Å². The van der Waals surface area contributed by atoms with Gasteiger partial charge in [-0.2, -0.15) is 13.2 Å². The Hall–Kier alpha value is -0.110. The molecule has 7 heteroatoms. The molecule has 0 amide bonds. The third-order valence-corrected chi connectivity index (χ3v) is 3.94. The number of piperazine rings is 1. The summed E-state index contributed by atoms with van der Waals surface area (Å²) < 4.78 is 41.4. The number of rotatable bonds is 2. The molecule has 0 unspecified atom stereocenters. The van der Waals surface area contributed by atoms with E-state index < -0.39 is 12.2 Å². The van der Waals surface area contributed by atoms with Crippen molar-refractivity contribution in [3.8, 4) is 0 Å². The molecule has 1 aromatic rings. The van der Waals surface area contributed by atoms with E-state index in [1.807, 2.05) is 0 Å². The molecule has 0 bridgehead atoms. The lowest BCUT2D eigenvalue weighted by Crippen LogP contribution is -2.49. The zero-order valence-corrected chi connectivity index (χ0v) is 13.1. The molecule has 1 heterocycles. The maximum atomic E-state index is 13.4. The molecule has 19 heavy (non-hydrogen) atoms. The molecule has 1 aliphatic heterocycles. The van der Waals surface area contributed by atoms with Crippen molar-refractivity contribution in [2.45, 2.75) is 12.2 Å². The van der Waals surface area contributed by atoms with Crippen LogP contribution in [0.4, 0.5) is 13.2 Å². The minimum Gasteiger partial charge on any atom is -0.314 e. The molecule has 1 aliphatic rings. The van der Waals surface area contributed by atoms with Gasteiger partial charge in [-0.1, -0.05) is 31.9 Å². The molecule has 1 N–H and O–H groups in total. The van der Waals surface area contributed by atoms with Crippen LogP contribution in [0.15, 0.2) is 27.1 Å². The van der Waals surface area contributed by atoms with Gasteiger partial charge >= 0.3 is 6.18 Å².